The number of methoxy groups -OCH3 is 1. The molecule has 4 aliphatic heterocycles. The average Bonchev–Trinajstić information content (AvgIpc) is 3.48. The van der Waals surface area contributed by atoms with Gasteiger partial charge in [-0.3, -0.25) is 9.59 Å². The average molecular weight is 1080 g/mol. The monoisotopic (exact) mass is 1080 g/mol. The van der Waals surface area contributed by atoms with E-state index in [1.54, 1.807) is 14.0 Å². The number of esters is 1. The molecule has 7 N–H and O–H groups in total. The van der Waals surface area contributed by atoms with E-state index >= 15 is 0 Å². The maximum absolute atomic E-state index is 14.8. The number of benzene rings is 3. The number of Topliss-reactive ketones (excluding diaryl/α,β-unsaturated/α-hetero) is 1. The van der Waals surface area contributed by atoms with Gasteiger partial charge in [-0.2, -0.15) is 0 Å². The molecule has 1 saturated heterocycles. The Morgan fingerprint density at radius 3 is 2.62 bits per heavy atom. The van der Waals surface area contributed by atoms with Crippen LogP contribution in [0.1, 0.15) is 91.2 Å². The van der Waals surface area contributed by atoms with Crippen LogP contribution in [0.3, 0.4) is 0 Å². The number of aliphatic hydroxyl groups is 6. The van der Waals surface area contributed by atoms with Gasteiger partial charge < -0.3 is 64.2 Å². The van der Waals surface area contributed by atoms with Crippen molar-refractivity contribution in [2.24, 2.45) is 35.5 Å². The van der Waals surface area contributed by atoms with Crippen LogP contribution in [0, 0.1) is 35.5 Å². The van der Waals surface area contributed by atoms with Crippen molar-refractivity contribution in [3.8, 4) is 17.2 Å². The molecule has 1 saturated carbocycles. The van der Waals surface area contributed by atoms with Crippen molar-refractivity contribution in [3.05, 3.63) is 129 Å². The van der Waals surface area contributed by atoms with Gasteiger partial charge >= 0.3 is 5.97 Å². The van der Waals surface area contributed by atoms with Crippen molar-refractivity contribution in [2.45, 2.75) is 101 Å². The first-order valence-electron chi connectivity index (χ1n) is 28.4. The van der Waals surface area contributed by atoms with E-state index in [0.29, 0.717) is 81.2 Å². The number of hydrogen-bond donors (Lipinski definition) is 7. The second kappa shape index (κ2) is 22.9. The summed E-state index contributed by atoms with van der Waals surface area (Å²) in [6.45, 7) is 2.54. The van der Waals surface area contributed by atoms with Gasteiger partial charge in [-0.1, -0.05) is 48.1 Å². The summed E-state index contributed by atoms with van der Waals surface area (Å²) in [6, 6.07) is 15.9. The molecule has 0 amide bonds. The Kier molecular flexibility index (Phi) is 15.9. The molecule has 420 valence electrons. The fraction of sp³-hybridized carbons (Fsp3) is 0.508. The summed E-state index contributed by atoms with van der Waals surface area (Å²) in [4.78, 5) is 48.6. The minimum Gasteiger partial charge on any atom is -0.492 e. The summed E-state index contributed by atoms with van der Waals surface area (Å²) in [7, 11) is 1.69. The number of ketones is 1. The lowest BCUT2D eigenvalue weighted by Crippen LogP contribution is -2.72. The number of aromatic nitrogens is 1. The number of H-pyrrole nitrogens is 1. The summed E-state index contributed by atoms with van der Waals surface area (Å²) >= 11 is 0. The summed E-state index contributed by atoms with van der Waals surface area (Å²) in [5.74, 6) is -5.20. The molecule has 1 aromatic heterocycles. The quantitative estimate of drug-likeness (QED) is 0.0295. The molecule has 10 atom stereocenters. The Balaban J connectivity index is 1.12. The molecule has 4 aromatic rings. The van der Waals surface area contributed by atoms with Crippen molar-refractivity contribution >= 4 is 34.5 Å². The van der Waals surface area contributed by atoms with Gasteiger partial charge in [0.05, 0.1) is 49.2 Å². The standard InChI is InChI=1S/C63H74N2O14/c1-3-76-61(73)60-48(33-69)53-41-24-43(32-68)56(72)45(26-41)44-25-40-15-19-64-51(40)28-39(44)12-10-37(31-67)35-77-58-47-29-62(79-57(47)49(34-70)59(78-60)54(53)58)18-14-38(17-22-66)55-46(52(71)13-11-36-8-5-4-6-9-36)27-42-30-65(20-7-23-75-2)21-16-50(42)63(55,62)74/h4-6,8-9,14-15,18-19,25,27-28,33,37-38,42-43,45,50,52,55,64,66-68,70-71,74H,3,7,10-13,16-17,20-24,26,29-32,34-35H2,1-2H3. The number of allylic oxidation sites excluding steroid dienone is 4. The number of aryl methyl sites for hydroxylation is 2. The first kappa shape index (κ1) is 55.0. The Morgan fingerprint density at radius 1 is 1.04 bits per heavy atom. The lowest BCUT2D eigenvalue weighted by molar-refractivity contribution is -0.202. The van der Waals surface area contributed by atoms with E-state index in [2.05, 4.69) is 16.0 Å². The van der Waals surface area contributed by atoms with E-state index in [0.717, 1.165) is 40.6 Å². The molecule has 2 bridgehead atoms. The molecule has 5 heterocycles. The van der Waals surface area contributed by atoms with Crippen LogP contribution < -0.4 is 14.2 Å². The van der Waals surface area contributed by atoms with Crippen LogP contribution in [0.4, 0.5) is 0 Å². The van der Waals surface area contributed by atoms with E-state index in [9.17, 15) is 45.0 Å². The number of aromatic amines is 1. The fourth-order valence-electron chi connectivity index (χ4n) is 14.7. The number of rotatable bonds is 16. The molecule has 7 aliphatic rings. The van der Waals surface area contributed by atoms with E-state index < -0.39 is 77.8 Å². The number of fused-ring (bicyclic) bond motifs is 11. The molecule has 79 heavy (non-hydrogen) atoms. The first-order valence-corrected chi connectivity index (χ1v) is 28.4. The number of aldehydes is 1. The highest BCUT2D eigenvalue weighted by atomic mass is 16.6. The number of nitrogens with one attached hydrogen (secondary N) is 1. The number of carbonyl (C=O) groups is 3. The second-order valence-electron chi connectivity index (χ2n) is 22.8. The molecule has 0 radical (unpaired) electrons. The molecular formula is C63H74N2O14. The zero-order chi connectivity index (χ0) is 55.2. The molecule has 11 rings (SSSR count). The third-order valence-electron chi connectivity index (χ3n) is 18.5. The van der Waals surface area contributed by atoms with Gasteiger partial charge in [-0.15, -0.1) is 0 Å². The minimum absolute atomic E-state index is 0.0172. The largest absolute Gasteiger partial charge is 0.492 e. The van der Waals surface area contributed by atoms with Crippen molar-refractivity contribution in [2.75, 3.05) is 66.4 Å². The normalized spacial score (nSPS) is 28.6. The molecule has 10 unspecified atom stereocenters. The first-order chi connectivity index (χ1) is 38.4. The summed E-state index contributed by atoms with van der Waals surface area (Å²) < 4.78 is 32.2. The number of piperidine rings is 1. The van der Waals surface area contributed by atoms with Crippen molar-refractivity contribution in [1.82, 2.24) is 9.88 Å². The topological polar surface area (TPSA) is 238 Å². The third-order valence-corrected chi connectivity index (χ3v) is 18.5. The van der Waals surface area contributed by atoms with Gasteiger partial charge in [-0.05, 0) is 135 Å². The molecular weight excluding hydrogens is 1010 g/mol. The Bertz CT molecular complexity index is 3100. The van der Waals surface area contributed by atoms with Gasteiger partial charge in [-0.25, -0.2) is 4.79 Å². The molecule has 16 heteroatoms. The van der Waals surface area contributed by atoms with E-state index in [4.69, 9.17) is 23.7 Å². The maximum Gasteiger partial charge on any atom is 0.375 e. The lowest BCUT2D eigenvalue weighted by Gasteiger charge is -2.61. The van der Waals surface area contributed by atoms with E-state index in [1.165, 1.54) is 0 Å². The highest BCUT2D eigenvalue weighted by molar-refractivity contribution is 6.11. The van der Waals surface area contributed by atoms with Crippen molar-refractivity contribution in [1.29, 1.82) is 0 Å². The predicted molar refractivity (Wildman–Crippen MR) is 293 cm³/mol. The number of likely N-dealkylation sites (tertiary alicyclic amines) is 1. The van der Waals surface area contributed by atoms with Gasteiger partial charge in [0.2, 0.25) is 5.76 Å². The molecule has 3 aliphatic carbocycles. The Morgan fingerprint density at radius 2 is 1.87 bits per heavy atom. The second-order valence-corrected chi connectivity index (χ2v) is 22.8. The maximum atomic E-state index is 14.8. The lowest BCUT2D eigenvalue weighted by atomic mass is 9.49. The molecule has 1 spiro atoms. The smallest absolute Gasteiger partial charge is 0.375 e. The number of nitrogens with zero attached hydrogens (tertiary/aromatic N) is 1. The molecule has 16 nitrogen and oxygen atoms in total. The molecule has 3 aromatic carbocycles. The third kappa shape index (κ3) is 9.59. The van der Waals surface area contributed by atoms with Gasteiger partial charge in [0.15, 0.2) is 11.9 Å². The SMILES string of the molecule is CCOC(=O)C1=C(C=O)C2=C3CC(CO)C(=O)C(C3)c3cc4cc[nH]c4cc3CCC(CO)COc3c4c(c(CO)c(c32)O1)OC1(C=CC(CCO)C2C(C(O)CCc3ccccc3)=CC3CN(CCCOC)CCC3C21O)C4. The fourth-order valence-corrected chi connectivity index (χ4v) is 14.7. The van der Waals surface area contributed by atoms with E-state index in [-0.39, 0.29) is 96.9 Å². The summed E-state index contributed by atoms with van der Waals surface area (Å²) in [5.41, 5.74) is 2.38. The van der Waals surface area contributed by atoms with Crippen LogP contribution in [0.2, 0.25) is 0 Å². The Hall–Kier alpha value is -5.95. The number of aliphatic hydroxyl groups excluding tert-OH is 5. The number of ether oxygens (including phenoxy) is 5. The van der Waals surface area contributed by atoms with Gasteiger partial charge in [0.25, 0.3) is 0 Å². The van der Waals surface area contributed by atoms with Crippen molar-refractivity contribution < 1.29 is 68.7 Å². The van der Waals surface area contributed by atoms with Crippen LogP contribution in [0.15, 0.2) is 95.4 Å². The summed E-state index contributed by atoms with van der Waals surface area (Å²) in [6.07, 6.45) is 11.1. The zero-order valence-corrected chi connectivity index (χ0v) is 45.2. The highest BCUT2D eigenvalue weighted by Gasteiger charge is 2.69. The number of hydrogen-bond acceptors (Lipinski definition) is 15. The van der Waals surface area contributed by atoms with Crippen LogP contribution in [0.25, 0.3) is 16.5 Å². The van der Waals surface area contributed by atoms with Crippen LogP contribution in [0.5, 0.6) is 17.2 Å². The summed E-state index contributed by atoms with van der Waals surface area (Å²) in [5, 5.41) is 72.9. The van der Waals surface area contributed by atoms with Gasteiger partial charge in [0, 0.05) is 98.9 Å². The van der Waals surface area contributed by atoms with Crippen LogP contribution in [-0.2, 0) is 49.7 Å². The van der Waals surface area contributed by atoms with Gasteiger partial charge in [0.1, 0.15) is 28.6 Å². The zero-order valence-electron chi connectivity index (χ0n) is 45.2. The van der Waals surface area contributed by atoms with E-state index in [1.807, 2.05) is 66.9 Å². The minimum atomic E-state index is -1.76. The molecule has 2 fully saturated rings. The van der Waals surface area contributed by atoms with Crippen molar-refractivity contribution in [3.63, 3.8) is 0 Å². The highest BCUT2D eigenvalue weighted by Crippen LogP contribution is 2.64. The number of carbonyl (C=O) groups excluding carboxylic acids is 3. The predicted octanol–water partition coefficient (Wildman–Crippen LogP) is 6.01. The van der Waals surface area contributed by atoms with Crippen LogP contribution in [-0.4, -0.2) is 142 Å². The Labute approximate surface area is 460 Å². The van der Waals surface area contributed by atoms with Crippen LogP contribution >= 0.6 is 0 Å².